The van der Waals surface area contributed by atoms with Gasteiger partial charge in [-0.1, -0.05) is 0 Å². The number of likely N-dealkylation sites (tertiary alicyclic amines) is 1. The first kappa shape index (κ1) is 13.0. The number of benzene rings is 1. The summed E-state index contributed by atoms with van der Waals surface area (Å²) in [6, 6.07) is 2.84. The Morgan fingerprint density at radius 1 is 1.30 bits per heavy atom. The van der Waals surface area contributed by atoms with E-state index in [-0.39, 0.29) is 17.0 Å². The highest BCUT2D eigenvalue weighted by atomic mass is 19.1. The number of nitrogens with zero attached hydrogens (tertiary/aromatic N) is 1. The molecule has 1 N–H and O–H groups in total. The first-order valence-corrected chi connectivity index (χ1v) is 6.54. The molecule has 0 radical (unpaired) electrons. The van der Waals surface area contributed by atoms with Crippen LogP contribution in [-0.2, 0) is 4.79 Å². The summed E-state index contributed by atoms with van der Waals surface area (Å²) in [6.45, 7) is 0.794. The monoisotopic (exact) mass is 280 g/mol. The normalized spacial score (nSPS) is 25.3. The van der Waals surface area contributed by atoms with E-state index in [4.69, 9.17) is 0 Å². The van der Waals surface area contributed by atoms with Crippen molar-refractivity contribution in [2.75, 3.05) is 13.1 Å². The van der Waals surface area contributed by atoms with Crippen molar-refractivity contribution in [3.8, 4) is 0 Å². The second-order valence-electron chi connectivity index (χ2n) is 5.43. The fourth-order valence-corrected chi connectivity index (χ4v) is 2.96. The minimum Gasteiger partial charge on any atom is -0.349 e. The van der Waals surface area contributed by atoms with Crippen molar-refractivity contribution in [2.24, 2.45) is 0 Å². The molecule has 1 spiro atoms. The number of carbonyl (C=O) groups is 2. The second kappa shape index (κ2) is 4.54. The van der Waals surface area contributed by atoms with Gasteiger partial charge in [0.05, 0.1) is 11.1 Å². The van der Waals surface area contributed by atoms with Gasteiger partial charge in [0.15, 0.2) is 0 Å². The molecule has 3 rings (SSSR count). The zero-order chi connectivity index (χ0) is 14.3. The van der Waals surface area contributed by atoms with Gasteiger partial charge < -0.3 is 10.2 Å². The maximum absolute atomic E-state index is 13.6. The summed E-state index contributed by atoms with van der Waals surface area (Å²) in [6.07, 6.45) is 1.79. The molecule has 2 saturated heterocycles. The Hall–Kier alpha value is -1.98. The molecular weight excluding hydrogens is 266 g/mol. The van der Waals surface area contributed by atoms with Crippen molar-refractivity contribution < 1.29 is 18.4 Å². The molecule has 20 heavy (non-hydrogen) atoms. The molecule has 4 nitrogen and oxygen atoms in total. The first-order chi connectivity index (χ1) is 9.49. The number of nitrogens with one attached hydrogen (secondary N) is 1. The average Bonchev–Trinajstić information content (AvgIpc) is 2.99. The van der Waals surface area contributed by atoms with Crippen LogP contribution in [0.1, 0.15) is 29.6 Å². The molecule has 2 heterocycles. The summed E-state index contributed by atoms with van der Waals surface area (Å²) in [5.41, 5.74) is -0.636. The lowest BCUT2D eigenvalue weighted by Crippen LogP contribution is -2.45. The number of hydrogen-bond acceptors (Lipinski definition) is 2. The van der Waals surface area contributed by atoms with Gasteiger partial charge in [-0.25, -0.2) is 8.78 Å². The largest absolute Gasteiger partial charge is 0.349 e. The predicted molar refractivity (Wildman–Crippen MR) is 67.0 cm³/mol. The van der Waals surface area contributed by atoms with Crippen LogP contribution in [0.15, 0.2) is 18.2 Å². The maximum atomic E-state index is 13.6. The van der Waals surface area contributed by atoms with Gasteiger partial charge in [0.1, 0.15) is 11.6 Å². The van der Waals surface area contributed by atoms with E-state index in [1.54, 1.807) is 0 Å². The molecule has 1 aromatic rings. The Balaban J connectivity index is 1.79. The highest BCUT2D eigenvalue weighted by Gasteiger charge is 2.44. The van der Waals surface area contributed by atoms with E-state index in [9.17, 15) is 18.4 Å². The van der Waals surface area contributed by atoms with Crippen LogP contribution in [0.3, 0.4) is 0 Å². The summed E-state index contributed by atoms with van der Waals surface area (Å²) in [5.74, 6) is -1.91. The van der Waals surface area contributed by atoms with Crippen LogP contribution in [-0.4, -0.2) is 35.3 Å². The Morgan fingerprint density at radius 3 is 2.80 bits per heavy atom. The topological polar surface area (TPSA) is 49.4 Å². The summed E-state index contributed by atoms with van der Waals surface area (Å²) in [4.78, 5) is 25.0. The van der Waals surface area contributed by atoms with E-state index in [1.807, 2.05) is 0 Å². The van der Waals surface area contributed by atoms with Gasteiger partial charge in [-0.05, 0) is 31.0 Å². The van der Waals surface area contributed by atoms with Crippen molar-refractivity contribution in [3.05, 3.63) is 35.4 Å². The highest BCUT2D eigenvalue weighted by molar-refractivity contribution is 5.95. The number of amides is 2. The molecule has 0 aliphatic carbocycles. The zero-order valence-corrected chi connectivity index (χ0v) is 10.8. The van der Waals surface area contributed by atoms with Crippen molar-refractivity contribution in [1.29, 1.82) is 0 Å². The number of hydrogen-bond donors (Lipinski definition) is 1. The fourth-order valence-electron chi connectivity index (χ4n) is 2.96. The first-order valence-electron chi connectivity index (χ1n) is 6.54. The molecule has 0 bridgehead atoms. The second-order valence-corrected chi connectivity index (χ2v) is 5.43. The van der Waals surface area contributed by atoms with Gasteiger partial charge in [0.25, 0.3) is 5.91 Å². The van der Waals surface area contributed by atoms with Crippen LogP contribution in [0.4, 0.5) is 8.78 Å². The smallest absolute Gasteiger partial charge is 0.257 e. The third-order valence-corrected chi connectivity index (χ3v) is 4.04. The highest BCUT2D eigenvalue weighted by Crippen LogP contribution is 2.31. The average molecular weight is 280 g/mol. The van der Waals surface area contributed by atoms with Gasteiger partial charge >= 0.3 is 0 Å². The zero-order valence-electron chi connectivity index (χ0n) is 10.8. The maximum Gasteiger partial charge on any atom is 0.257 e. The molecule has 1 atom stereocenters. The van der Waals surface area contributed by atoms with E-state index in [2.05, 4.69) is 5.32 Å². The molecular formula is C14H14F2N2O2. The lowest BCUT2D eigenvalue weighted by atomic mass is 9.97. The summed E-state index contributed by atoms with van der Waals surface area (Å²) in [7, 11) is 0. The molecule has 106 valence electrons. The quantitative estimate of drug-likeness (QED) is 0.846. The van der Waals surface area contributed by atoms with Crippen molar-refractivity contribution >= 4 is 11.8 Å². The Kier molecular flexibility index (Phi) is 2.96. The van der Waals surface area contributed by atoms with Gasteiger partial charge in [0, 0.05) is 19.5 Å². The Labute approximate surface area is 114 Å². The van der Waals surface area contributed by atoms with Crippen molar-refractivity contribution in [1.82, 2.24) is 10.2 Å². The number of carbonyl (C=O) groups excluding carboxylic acids is 2. The van der Waals surface area contributed by atoms with Crippen LogP contribution in [0.2, 0.25) is 0 Å². The third-order valence-electron chi connectivity index (χ3n) is 4.04. The molecule has 2 amide bonds. The van der Waals surface area contributed by atoms with E-state index >= 15 is 0 Å². The summed E-state index contributed by atoms with van der Waals surface area (Å²) in [5, 5.41) is 2.89. The van der Waals surface area contributed by atoms with Gasteiger partial charge in [0.2, 0.25) is 5.91 Å². The Bertz CT molecular complexity index is 591. The molecule has 0 aromatic heterocycles. The van der Waals surface area contributed by atoms with E-state index in [0.29, 0.717) is 32.4 Å². The minimum absolute atomic E-state index is 0.0174. The van der Waals surface area contributed by atoms with Crippen LogP contribution >= 0.6 is 0 Å². The SMILES string of the molecule is O=C1CCC2(CCN(C(=O)c3cc(F)ccc3F)C2)N1. The van der Waals surface area contributed by atoms with Crippen molar-refractivity contribution in [2.45, 2.75) is 24.8 Å². The van der Waals surface area contributed by atoms with Crippen molar-refractivity contribution in [3.63, 3.8) is 0 Å². The van der Waals surface area contributed by atoms with Gasteiger partial charge in [-0.15, -0.1) is 0 Å². The van der Waals surface area contributed by atoms with E-state index in [0.717, 1.165) is 18.2 Å². The van der Waals surface area contributed by atoms with Crippen LogP contribution in [0, 0.1) is 11.6 Å². The lowest BCUT2D eigenvalue weighted by molar-refractivity contribution is -0.119. The molecule has 2 fully saturated rings. The molecule has 2 aliphatic rings. The standard InChI is InChI=1S/C14H14F2N2O2/c15-9-1-2-11(16)10(7-9)13(20)18-6-5-14(8-18)4-3-12(19)17-14/h1-2,7H,3-6,8H2,(H,17,19). The molecule has 2 aliphatic heterocycles. The molecule has 6 heteroatoms. The summed E-state index contributed by atoms with van der Waals surface area (Å²) < 4.78 is 26.8. The Morgan fingerprint density at radius 2 is 2.10 bits per heavy atom. The van der Waals surface area contributed by atoms with E-state index < -0.39 is 17.5 Å². The third kappa shape index (κ3) is 2.15. The van der Waals surface area contributed by atoms with Gasteiger partial charge in [-0.2, -0.15) is 0 Å². The predicted octanol–water partition coefficient (Wildman–Crippen LogP) is 1.46. The number of rotatable bonds is 1. The van der Waals surface area contributed by atoms with Crippen LogP contribution in [0.25, 0.3) is 0 Å². The fraction of sp³-hybridized carbons (Fsp3) is 0.429. The molecule has 1 unspecified atom stereocenters. The number of halogens is 2. The lowest BCUT2D eigenvalue weighted by Gasteiger charge is -2.24. The van der Waals surface area contributed by atoms with Gasteiger partial charge in [-0.3, -0.25) is 9.59 Å². The minimum atomic E-state index is -0.729. The summed E-state index contributed by atoms with van der Waals surface area (Å²) >= 11 is 0. The van der Waals surface area contributed by atoms with Crippen LogP contribution in [0.5, 0.6) is 0 Å². The van der Waals surface area contributed by atoms with Crippen LogP contribution < -0.4 is 5.32 Å². The molecule has 0 saturated carbocycles. The van der Waals surface area contributed by atoms with E-state index in [1.165, 1.54) is 4.90 Å². The molecule has 1 aromatic carbocycles.